The van der Waals surface area contributed by atoms with E-state index in [1.807, 2.05) is 0 Å². The fraction of sp³-hybridized carbons (Fsp3) is 0.933. The molecule has 0 aliphatic carbocycles. The number of hydrogen-bond acceptors (Lipinski definition) is 4. The monoisotopic (exact) mass is 283 g/mol. The van der Waals surface area contributed by atoms with Gasteiger partial charge in [-0.05, 0) is 47.0 Å². The normalized spacial score (nSPS) is 31.5. The number of nitrogens with zero attached hydrogens (tertiary/aromatic N) is 1. The number of carbonyl (C=O) groups is 1. The standard InChI is InChI=1S/C15H29N3O2/c1-6-7-8-11-16-12(19)15(18(11)20)9-13(2,3)17-14(4,5)10-15/h11,17,20H,6-10H2,1-5H3,(H,16,19). The molecule has 3 N–H and O–H groups in total. The van der Waals surface area contributed by atoms with Crippen LogP contribution in [0.3, 0.4) is 0 Å². The quantitative estimate of drug-likeness (QED) is 0.741. The van der Waals surface area contributed by atoms with E-state index in [0.29, 0.717) is 12.8 Å². The number of hydroxylamine groups is 2. The van der Waals surface area contributed by atoms with Crippen molar-refractivity contribution in [2.75, 3.05) is 0 Å². The molecule has 1 amide bonds. The van der Waals surface area contributed by atoms with Gasteiger partial charge in [-0.25, -0.2) is 0 Å². The number of carbonyl (C=O) groups excluding carboxylic acids is 1. The SMILES string of the molecule is CCCCC1NC(=O)C2(CC(C)(C)NC(C)(C)C2)N1O. The van der Waals surface area contributed by atoms with Gasteiger partial charge in [-0.15, -0.1) is 0 Å². The summed E-state index contributed by atoms with van der Waals surface area (Å²) >= 11 is 0. The molecule has 2 aliphatic heterocycles. The molecule has 1 spiro atoms. The summed E-state index contributed by atoms with van der Waals surface area (Å²) in [5.74, 6) is -0.0243. The maximum atomic E-state index is 12.6. The molecule has 2 aliphatic rings. The van der Waals surface area contributed by atoms with Gasteiger partial charge in [0.1, 0.15) is 11.7 Å². The van der Waals surface area contributed by atoms with Crippen molar-refractivity contribution in [3.8, 4) is 0 Å². The first kappa shape index (κ1) is 15.7. The number of hydrogen-bond donors (Lipinski definition) is 3. The zero-order chi connectivity index (χ0) is 15.2. The predicted molar refractivity (Wildman–Crippen MR) is 78.3 cm³/mol. The van der Waals surface area contributed by atoms with Gasteiger partial charge in [0.2, 0.25) is 5.91 Å². The first-order chi connectivity index (χ1) is 9.12. The van der Waals surface area contributed by atoms with Crippen molar-refractivity contribution in [3.63, 3.8) is 0 Å². The van der Waals surface area contributed by atoms with Crippen molar-refractivity contribution < 1.29 is 10.0 Å². The summed E-state index contributed by atoms with van der Waals surface area (Å²) < 4.78 is 0. The Morgan fingerprint density at radius 3 is 2.30 bits per heavy atom. The third-order valence-corrected chi connectivity index (χ3v) is 4.43. The lowest BCUT2D eigenvalue weighted by molar-refractivity contribution is -0.201. The van der Waals surface area contributed by atoms with Crippen LogP contribution < -0.4 is 10.6 Å². The number of nitrogens with one attached hydrogen (secondary N) is 2. The van der Waals surface area contributed by atoms with E-state index in [9.17, 15) is 10.0 Å². The average molecular weight is 283 g/mol. The second-order valence-electron chi connectivity index (χ2n) is 7.75. The van der Waals surface area contributed by atoms with Gasteiger partial charge >= 0.3 is 0 Å². The Balaban J connectivity index is 2.26. The van der Waals surface area contributed by atoms with Crippen LogP contribution in [0.5, 0.6) is 0 Å². The lowest BCUT2D eigenvalue weighted by Crippen LogP contribution is -2.68. The van der Waals surface area contributed by atoms with E-state index in [2.05, 4.69) is 45.3 Å². The van der Waals surface area contributed by atoms with Gasteiger partial charge in [-0.2, -0.15) is 5.06 Å². The largest absolute Gasteiger partial charge is 0.337 e. The summed E-state index contributed by atoms with van der Waals surface area (Å²) in [6, 6.07) is 0. The van der Waals surface area contributed by atoms with Crippen LogP contribution in [0.1, 0.15) is 66.7 Å². The predicted octanol–water partition coefficient (Wildman–Crippen LogP) is 2.00. The molecule has 1 atom stereocenters. The minimum atomic E-state index is -0.795. The third-order valence-electron chi connectivity index (χ3n) is 4.43. The second-order valence-corrected chi connectivity index (χ2v) is 7.75. The maximum Gasteiger partial charge on any atom is 0.244 e. The number of amides is 1. The Labute approximate surface area is 122 Å². The van der Waals surface area contributed by atoms with Crippen LogP contribution in [0.2, 0.25) is 0 Å². The van der Waals surface area contributed by atoms with E-state index in [4.69, 9.17) is 0 Å². The number of rotatable bonds is 3. The van der Waals surface area contributed by atoms with Crippen LogP contribution in [0.15, 0.2) is 0 Å². The molecule has 0 aromatic carbocycles. The van der Waals surface area contributed by atoms with E-state index >= 15 is 0 Å². The van der Waals surface area contributed by atoms with E-state index in [0.717, 1.165) is 19.3 Å². The Morgan fingerprint density at radius 1 is 1.25 bits per heavy atom. The van der Waals surface area contributed by atoms with Gasteiger partial charge in [0.05, 0.1) is 0 Å². The van der Waals surface area contributed by atoms with Crippen molar-refractivity contribution in [2.24, 2.45) is 0 Å². The fourth-order valence-electron chi connectivity index (χ4n) is 4.19. The first-order valence-corrected chi connectivity index (χ1v) is 7.70. The summed E-state index contributed by atoms with van der Waals surface area (Å²) in [6.45, 7) is 10.5. The summed E-state index contributed by atoms with van der Waals surface area (Å²) in [4.78, 5) is 12.6. The van der Waals surface area contributed by atoms with Crippen LogP contribution in [-0.2, 0) is 4.79 Å². The van der Waals surface area contributed by atoms with E-state index in [1.165, 1.54) is 5.06 Å². The second kappa shape index (κ2) is 4.97. The maximum absolute atomic E-state index is 12.6. The molecule has 0 radical (unpaired) electrons. The topological polar surface area (TPSA) is 64.6 Å². The molecule has 2 rings (SSSR count). The Kier molecular flexibility index (Phi) is 3.91. The number of piperidine rings is 1. The Hall–Kier alpha value is -0.650. The average Bonchev–Trinajstić information content (AvgIpc) is 2.47. The van der Waals surface area contributed by atoms with E-state index in [1.54, 1.807) is 0 Å². The summed E-state index contributed by atoms with van der Waals surface area (Å²) in [6.07, 6.45) is 3.86. The Morgan fingerprint density at radius 2 is 1.80 bits per heavy atom. The molecule has 2 heterocycles. The lowest BCUT2D eigenvalue weighted by Gasteiger charge is -2.51. The fourth-order valence-corrected chi connectivity index (χ4v) is 4.19. The summed E-state index contributed by atoms with van der Waals surface area (Å²) in [5, 5.41) is 18.5. The summed E-state index contributed by atoms with van der Waals surface area (Å²) in [7, 11) is 0. The van der Waals surface area contributed by atoms with Crippen molar-refractivity contribution in [1.29, 1.82) is 0 Å². The molecule has 116 valence electrons. The first-order valence-electron chi connectivity index (χ1n) is 7.70. The van der Waals surface area contributed by atoms with Crippen LogP contribution >= 0.6 is 0 Å². The molecule has 2 fully saturated rings. The minimum Gasteiger partial charge on any atom is -0.337 e. The van der Waals surface area contributed by atoms with Crippen molar-refractivity contribution in [3.05, 3.63) is 0 Å². The molecular formula is C15H29N3O2. The lowest BCUT2D eigenvalue weighted by atomic mass is 9.70. The highest BCUT2D eigenvalue weighted by Crippen LogP contribution is 2.42. The van der Waals surface area contributed by atoms with Crippen molar-refractivity contribution in [2.45, 2.75) is 89.5 Å². The van der Waals surface area contributed by atoms with Crippen LogP contribution in [0, 0.1) is 0 Å². The molecule has 0 bridgehead atoms. The molecule has 2 saturated heterocycles. The molecule has 0 aromatic heterocycles. The minimum absolute atomic E-state index is 0.0243. The van der Waals surface area contributed by atoms with Gasteiger partial charge in [0.25, 0.3) is 0 Å². The molecule has 5 nitrogen and oxygen atoms in total. The smallest absolute Gasteiger partial charge is 0.244 e. The molecule has 0 aromatic rings. The van der Waals surface area contributed by atoms with Gasteiger partial charge in [-0.3, -0.25) is 4.79 Å². The van der Waals surface area contributed by atoms with E-state index in [-0.39, 0.29) is 23.2 Å². The van der Waals surface area contributed by atoms with Crippen LogP contribution in [0.25, 0.3) is 0 Å². The van der Waals surface area contributed by atoms with Crippen LogP contribution in [-0.4, -0.2) is 39.0 Å². The van der Waals surface area contributed by atoms with Gasteiger partial charge < -0.3 is 15.8 Å². The van der Waals surface area contributed by atoms with Gasteiger partial charge in [-0.1, -0.05) is 19.8 Å². The van der Waals surface area contributed by atoms with Gasteiger partial charge in [0, 0.05) is 11.1 Å². The zero-order valence-electron chi connectivity index (χ0n) is 13.4. The van der Waals surface area contributed by atoms with Crippen molar-refractivity contribution >= 4 is 5.91 Å². The molecule has 5 heteroatoms. The molecule has 1 unspecified atom stereocenters. The van der Waals surface area contributed by atoms with Crippen molar-refractivity contribution in [1.82, 2.24) is 15.7 Å². The highest BCUT2D eigenvalue weighted by Gasteiger charge is 2.60. The van der Waals surface area contributed by atoms with Gasteiger partial charge in [0.15, 0.2) is 0 Å². The van der Waals surface area contributed by atoms with Crippen LogP contribution in [0.4, 0.5) is 0 Å². The molecular weight excluding hydrogens is 254 g/mol. The highest BCUT2D eigenvalue weighted by molar-refractivity contribution is 5.89. The number of unbranched alkanes of at least 4 members (excludes halogenated alkanes) is 1. The van der Waals surface area contributed by atoms with E-state index < -0.39 is 5.54 Å². The zero-order valence-corrected chi connectivity index (χ0v) is 13.4. The Bertz CT molecular complexity index is 377. The summed E-state index contributed by atoms with van der Waals surface area (Å²) in [5.41, 5.74) is -1.16. The highest BCUT2D eigenvalue weighted by atomic mass is 16.5. The molecule has 20 heavy (non-hydrogen) atoms. The molecule has 0 saturated carbocycles. The third kappa shape index (κ3) is 2.71.